The van der Waals surface area contributed by atoms with Gasteiger partial charge >= 0.3 is 6.18 Å². The molecule has 6 rings (SSSR count). The van der Waals surface area contributed by atoms with Gasteiger partial charge in [0.2, 0.25) is 5.91 Å². The van der Waals surface area contributed by atoms with Crippen LogP contribution in [0.25, 0.3) is 22.0 Å². The van der Waals surface area contributed by atoms with Gasteiger partial charge in [-0.05, 0) is 66.8 Å². The molecule has 6 nitrogen and oxygen atoms in total. The maximum absolute atomic E-state index is 14.9. The number of carbonyl (C=O) groups is 1. The summed E-state index contributed by atoms with van der Waals surface area (Å²) in [4.78, 5) is 30.6. The summed E-state index contributed by atoms with van der Waals surface area (Å²) in [7, 11) is -3.25. The van der Waals surface area contributed by atoms with E-state index >= 15 is 0 Å². The third-order valence-corrected chi connectivity index (χ3v) is 10.3. The molecule has 278 valence electrons. The third kappa shape index (κ3) is 8.83. The number of alkyl halides is 3. The van der Waals surface area contributed by atoms with Gasteiger partial charge in [0.05, 0.1) is 36.9 Å². The number of benzene rings is 4. The largest absolute Gasteiger partial charge is 0.416 e. The first-order valence-electron chi connectivity index (χ1n) is 20.6. The molecule has 5 aromatic rings. The second kappa shape index (κ2) is 16.7. The molecule has 0 radical (unpaired) electrons. The van der Waals surface area contributed by atoms with Crippen molar-refractivity contribution in [2.24, 2.45) is 0 Å². The van der Waals surface area contributed by atoms with Gasteiger partial charge in [-0.25, -0.2) is 8.78 Å². The zero-order valence-electron chi connectivity index (χ0n) is 36.4. The van der Waals surface area contributed by atoms with Crippen molar-refractivity contribution in [3.63, 3.8) is 0 Å². The first kappa shape index (κ1) is 28.9. The average Bonchev–Trinajstić information content (AvgIpc) is 3.19. The molecule has 1 atom stereocenters. The van der Waals surface area contributed by atoms with E-state index in [1.165, 1.54) is 42.2 Å². The summed E-state index contributed by atoms with van der Waals surface area (Å²) in [6.45, 7) is -5.55. The van der Waals surface area contributed by atoms with Gasteiger partial charge in [0.1, 0.15) is 6.54 Å². The Morgan fingerprint density at radius 3 is 2.36 bits per heavy atom. The molecule has 0 spiro atoms. The monoisotopic (exact) mass is 757 g/mol. The highest BCUT2D eigenvalue weighted by atomic mass is 32.2. The Bertz CT molecular complexity index is 2440. The molecule has 0 N–H and O–H groups in total. The van der Waals surface area contributed by atoms with E-state index in [9.17, 15) is 32.9 Å². The average molecular weight is 758 g/mol. The molecule has 4 aromatic carbocycles. The van der Waals surface area contributed by atoms with Crippen molar-refractivity contribution in [1.29, 1.82) is 0 Å². The van der Waals surface area contributed by atoms with Crippen molar-refractivity contribution < 1.29 is 42.4 Å². The Morgan fingerprint density at radius 2 is 1.68 bits per heavy atom. The lowest BCUT2D eigenvalue weighted by molar-refractivity contribution is -0.138. The van der Waals surface area contributed by atoms with Crippen LogP contribution in [0.3, 0.4) is 0 Å². The summed E-state index contributed by atoms with van der Waals surface area (Å²) in [5, 5.41) is 0.507. The van der Waals surface area contributed by atoms with Gasteiger partial charge in [-0.3, -0.25) is 9.59 Å². The highest BCUT2D eigenvalue weighted by molar-refractivity contribution is 7.98. The number of amides is 1. The SMILES string of the molecule is [2H]C([2H])([2H])OC([2H])([2H])C([2H])([2H])N1CCC(N(C(=O)Cn2c(SCc3cccc(F)c3F)cc(=O)c3ccccc32)C([2H])(C)c2ccc(-c3ccc(C(F)(F)F)cc3)cc2)CC1. The second-order valence-corrected chi connectivity index (χ2v) is 13.5. The van der Waals surface area contributed by atoms with Crippen LogP contribution in [0.1, 0.15) is 53.4 Å². The minimum absolute atomic E-state index is 0.00142. The molecular weight excluding hydrogens is 710 g/mol. The number of halogens is 5. The lowest BCUT2D eigenvalue weighted by atomic mass is 9.96. The topological polar surface area (TPSA) is 54.8 Å². The Balaban J connectivity index is 1.37. The molecule has 1 aliphatic heterocycles. The summed E-state index contributed by atoms with van der Waals surface area (Å²) >= 11 is 0.996. The fourth-order valence-electron chi connectivity index (χ4n) is 6.49. The van der Waals surface area contributed by atoms with Gasteiger partial charge in [0, 0.05) is 58.2 Å². The van der Waals surface area contributed by atoms with E-state index in [0.29, 0.717) is 22.2 Å². The number of likely N-dealkylation sites (tertiary alicyclic amines) is 1. The Morgan fingerprint density at radius 1 is 1.00 bits per heavy atom. The smallest absolute Gasteiger partial charge is 0.383 e. The molecule has 0 bridgehead atoms. The van der Waals surface area contributed by atoms with E-state index in [2.05, 4.69) is 4.74 Å². The van der Waals surface area contributed by atoms with Gasteiger partial charge in [-0.15, -0.1) is 11.8 Å². The molecule has 2 heterocycles. The Hall–Kier alpha value is -4.52. The van der Waals surface area contributed by atoms with E-state index < -0.39 is 68.0 Å². The number of hydrogen-bond donors (Lipinski definition) is 0. The van der Waals surface area contributed by atoms with Crippen molar-refractivity contribution in [2.45, 2.75) is 55.3 Å². The van der Waals surface area contributed by atoms with Crippen molar-refractivity contribution in [2.75, 3.05) is 33.2 Å². The summed E-state index contributed by atoms with van der Waals surface area (Å²) in [6.07, 6.45) is -4.53. The third-order valence-electron chi connectivity index (χ3n) is 9.24. The number of thioether (sulfide) groups is 1. The van der Waals surface area contributed by atoms with Gasteiger partial charge in [0.15, 0.2) is 17.1 Å². The highest BCUT2D eigenvalue weighted by Gasteiger charge is 2.33. The standard InChI is InChI=1S/C41H40F5N3O3S/c1-27(28-10-12-29(13-11-28)30-14-16-32(17-15-30)41(44,45)46)49(33-18-20-47(21-19-33)22-23-52-2)38(51)25-48-36-9-4-3-7-34(36)37(50)24-39(48)53-26-31-6-5-8-35(42)40(31)43/h3-17,24,27,33H,18-23,25-26H2,1-2H3/i2D3,22D2,23D2,27D. The number of piperidine rings is 1. The zero-order valence-corrected chi connectivity index (χ0v) is 29.2. The summed E-state index contributed by atoms with van der Waals surface area (Å²) in [5.74, 6) is -2.85. The number of rotatable bonds is 12. The van der Waals surface area contributed by atoms with Gasteiger partial charge in [-0.2, -0.15) is 13.2 Å². The number of methoxy groups -OCH3 is 1. The fraction of sp³-hybridized carbons (Fsp3) is 0.317. The second-order valence-electron chi connectivity index (χ2n) is 12.5. The number of para-hydroxylation sites is 1. The molecule has 1 aliphatic rings. The van der Waals surface area contributed by atoms with E-state index in [-0.39, 0.29) is 53.1 Å². The molecule has 1 amide bonds. The summed E-state index contributed by atoms with van der Waals surface area (Å²) < 4.78 is 140. The highest BCUT2D eigenvalue weighted by Crippen LogP contribution is 2.34. The quantitative estimate of drug-likeness (QED) is 0.0940. The molecule has 1 fully saturated rings. The van der Waals surface area contributed by atoms with Crippen molar-refractivity contribution >= 4 is 28.6 Å². The Kier molecular flexibility index (Phi) is 9.09. The predicted molar refractivity (Wildman–Crippen MR) is 198 cm³/mol. The maximum atomic E-state index is 14.9. The fourth-order valence-corrected chi connectivity index (χ4v) is 7.53. The number of ether oxygens (including phenoxy) is 1. The number of pyridine rings is 1. The molecular formula is C41H40F5N3O3S. The van der Waals surface area contributed by atoms with Crippen LogP contribution < -0.4 is 5.43 Å². The number of carbonyl (C=O) groups excluding carboxylic acids is 1. The number of hydrogen-bond acceptors (Lipinski definition) is 5. The van der Waals surface area contributed by atoms with Crippen LogP contribution in [0.4, 0.5) is 22.0 Å². The van der Waals surface area contributed by atoms with Crippen molar-refractivity contribution in [3.05, 3.63) is 136 Å². The van der Waals surface area contributed by atoms with Crippen LogP contribution in [0.5, 0.6) is 0 Å². The molecule has 1 aromatic heterocycles. The molecule has 1 saturated heterocycles. The minimum atomic E-state index is -4.53. The van der Waals surface area contributed by atoms with E-state index in [4.69, 9.17) is 9.60 Å². The molecule has 1 unspecified atom stereocenters. The van der Waals surface area contributed by atoms with Crippen LogP contribution in [0, 0.1) is 11.6 Å². The molecule has 12 heteroatoms. The first-order chi connectivity index (χ1) is 28.4. The number of aromatic nitrogens is 1. The Labute approximate surface area is 320 Å². The minimum Gasteiger partial charge on any atom is -0.383 e. The molecule has 0 saturated carbocycles. The van der Waals surface area contributed by atoms with Crippen molar-refractivity contribution in [1.82, 2.24) is 14.4 Å². The lowest BCUT2D eigenvalue weighted by Gasteiger charge is -2.42. The van der Waals surface area contributed by atoms with Gasteiger partial charge < -0.3 is 19.1 Å². The van der Waals surface area contributed by atoms with Crippen molar-refractivity contribution in [3.8, 4) is 11.1 Å². The molecule has 0 aliphatic carbocycles. The number of nitrogens with zero attached hydrogens (tertiary/aromatic N) is 3. The molecule has 53 heavy (non-hydrogen) atoms. The van der Waals surface area contributed by atoms with Crippen LogP contribution in [0.2, 0.25) is 0 Å². The van der Waals surface area contributed by atoms with E-state index in [1.54, 1.807) is 53.1 Å². The first-order valence-corrected chi connectivity index (χ1v) is 17.6. The van der Waals surface area contributed by atoms with Gasteiger partial charge in [0.25, 0.3) is 0 Å². The van der Waals surface area contributed by atoms with Crippen LogP contribution in [-0.2, 0) is 28.0 Å². The van der Waals surface area contributed by atoms with Gasteiger partial charge in [-0.1, -0.05) is 60.7 Å². The van der Waals surface area contributed by atoms with Crippen LogP contribution >= 0.6 is 11.8 Å². The van der Waals surface area contributed by atoms with Crippen LogP contribution in [0.15, 0.2) is 107 Å². The van der Waals surface area contributed by atoms with Crippen LogP contribution in [-0.4, -0.2) is 59.5 Å². The predicted octanol–water partition coefficient (Wildman–Crippen LogP) is 8.96. The maximum Gasteiger partial charge on any atom is 0.416 e. The van der Waals surface area contributed by atoms with E-state index in [1.807, 2.05) is 0 Å². The lowest BCUT2D eigenvalue weighted by Crippen LogP contribution is -2.49. The number of fused-ring (bicyclic) bond motifs is 1. The normalized spacial score (nSPS) is 18.4. The van der Waals surface area contributed by atoms with E-state index in [0.717, 1.165) is 34.9 Å². The summed E-state index contributed by atoms with van der Waals surface area (Å²) in [5.41, 5.74) is 0.460. The zero-order chi connectivity index (χ0) is 44.7. The summed E-state index contributed by atoms with van der Waals surface area (Å²) in [6, 6.07) is 19.7.